The molecule has 2 aliphatic heterocycles. The van der Waals surface area contributed by atoms with Crippen molar-refractivity contribution >= 4 is 17.8 Å². The summed E-state index contributed by atoms with van der Waals surface area (Å²) in [7, 11) is 1.66. The molecule has 39 heavy (non-hydrogen) atoms. The van der Waals surface area contributed by atoms with Crippen LogP contribution in [-0.2, 0) is 25.7 Å². The Morgan fingerprint density at radius 2 is 1.69 bits per heavy atom. The molecule has 4 rings (SSSR count). The number of nitrogens with one attached hydrogen (secondary N) is 1. The molecule has 3 N–H and O–H groups in total. The molecule has 3 fully saturated rings. The third-order valence-corrected chi connectivity index (χ3v) is 6.11. The average Bonchev–Trinajstić information content (AvgIpc) is 3.59. The molecule has 3 atom stereocenters. The van der Waals surface area contributed by atoms with Crippen molar-refractivity contribution in [2.75, 3.05) is 26.7 Å². The van der Waals surface area contributed by atoms with Gasteiger partial charge in [-0.1, -0.05) is 6.07 Å². The number of carbonyl (C=O) groups excluding carboxylic acids is 1. The van der Waals surface area contributed by atoms with E-state index in [2.05, 4.69) is 21.3 Å². The minimum Gasteiger partial charge on any atom is -0.481 e. The van der Waals surface area contributed by atoms with E-state index in [1.807, 2.05) is 6.07 Å². The molecule has 10 nitrogen and oxygen atoms in total. The minimum absolute atomic E-state index is 0.0850. The molecule has 0 unspecified atom stereocenters. The molecule has 1 amide bonds. The van der Waals surface area contributed by atoms with E-state index in [-0.39, 0.29) is 18.1 Å². The van der Waals surface area contributed by atoms with Crippen molar-refractivity contribution < 1.29 is 60.4 Å². The third-order valence-electron chi connectivity index (χ3n) is 6.11. The number of carboxylic acids is 2. The number of piperidine rings is 1. The predicted molar refractivity (Wildman–Crippen MR) is 121 cm³/mol. The zero-order valence-corrected chi connectivity index (χ0v) is 20.8. The van der Waals surface area contributed by atoms with Crippen molar-refractivity contribution in [1.29, 1.82) is 0 Å². The quantitative estimate of drug-likeness (QED) is 0.439. The summed E-state index contributed by atoms with van der Waals surface area (Å²) in [5.41, 5.74) is 1.10. The third kappa shape index (κ3) is 10.9. The van der Waals surface area contributed by atoms with Crippen LogP contribution in [0.25, 0.3) is 0 Å². The molecule has 1 aromatic rings. The molecule has 3 aliphatic rings. The lowest BCUT2D eigenvalue weighted by Crippen LogP contribution is -2.42. The van der Waals surface area contributed by atoms with E-state index >= 15 is 0 Å². The Hall–Kier alpha value is -3.14. The molecular weight excluding hydrogens is 544 g/mol. The first-order valence-corrected chi connectivity index (χ1v) is 11.8. The molecule has 2 saturated heterocycles. The Balaban J connectivity index is 0.000000317. The van der Waals surface area contributed by atoms with Gasteiger partial charge in [-0.15, -0.1) is 0 Å². The Morgan fingerprint density at radius 3 is 2.21 bits per heavy atom. The number of aliphatic carboxylic acids is 2. The molecule has 16 heteroatoms. The molecule has 0 bridgehead atoms. The molecule has 1 aliphatic carbocycles. The zero-order valence-electron chi connectivity index (χ0n) is 20.8. The average molecular weight is 573 g/mol. The Kier molecular flexibility index (Phi) is 11.3. The maximum Gasteiger partial charge on any atom is 0.490 e. The number of nitrogens with zero attached hydrogens (tertiary/aromatic N) is 2. The summed E-state index contributed by atoms with van der Waals surface area (Å²) in [5.74, 6) is -3.53. The largest absolute Gasteiger partial charge is 0.490 e. The van der Waals surface area contributed by atoms with E-state index in [4.69, 9.17) is 29.3 Å². The zero-order chi connectivity index (χ0) is 29.4. The number of amides is 1. The van der Waals surface area contributed by atoms with Gasteiger partial charge in [0.05, 0.1) is 13.2 Å². The van der Waals surface area contributed by atoms with Gasteiger partial charge in [0.25, 0.3) is 0 Å². The fourth-order valence-electron chi connectivity index (χ4n) is 3.96. The summed E-state index contributed by atoms with van der Waals surface area (Å²) in [6.45, 7) is 3.52. The second-order valence-electron chi connectivity index (χ2n) is 9.15. The fourth-order valence-corrected chi connectivity index (χ4v) is 3.96. The summed E-state index contributed by atoms with van der Waals surface area (Å²) in [6, 6.07) is 4.00. The smallest absolute Gasteiger partial charge is 0.481 e. The van der Waals surface area contributed by atoms with Crippen LogP contribution in [0.3, 0.4) is 0 Å². The first-order valence-electron chi connectivity index (χ1n) is 11.8. The normalized spacial score (nSPS) is 22.8. The first kappa shape index (κ1) is 32.1. The van der Waals surface area contributed by atoms with Crippen molar-refractivity contribution in [3.05, 3.63) is 23.9 Å². The highest BCUT2D eigenvalue weighted by Gasteiger charge is 2.42. The number of hydrogen-bond donors (Lipinski definition) is 3. The second kappa shape index (κ2) is 13.8. The van der Waals surface area contributed by atoms with Crippen LogP contribution in [0.5, 0.6) is 5.88 Å². The van der Waals surface area contributed by atoms with E-state index in [0.717, 1.165) is 44.6 Å². The fraction of sp³-hybridized carbons (Fsp3) is 0.652. The minimum atomic E-state index is -5.08. The van der Waals surface area contributed by atoms with Crippen LogP contribution in [0.2, 0.25) is 0 Å². The van der Waals surface area contributed by atoms with Gasteiger partial charge in [-0.05, 0) is 50.1 Å². The summed E-state index contributed by atoms with van der Waals surface area (Å²) >= 11 is 0. The van der Waals surface area contributed by atoms with Crippen LogP contribution in [0.4, 0.5) is 26.3 Å². The topological polar surface area (TPSA) is 138 Å². The number of pyridine rings is 1. The van der Waals surface area contributed by atoms with Crippen LogP contribution < -0.4 is 10.1 Å². The summed E-state index contributed by atoms with van der Waals surface area (Å²) in [5, 5.41) is 17.3. The number of halogens is 6. The van der Waals surface area contributed by atoms with E-state index in [0.29, 0.717) is 17.7 Å². The number of rotatable bonds is 6. The van der Waals surface area contributed by atoms with Crippen molar-refractivity contribution in [3.8, 4) is 5.88 Å². The molecule has 1 saturated carbocycles. The van der Waals surface area contributed by atoms with Gasteiger partial charge in [-0.25, -0.2) is 14.6 Å². The van der Waals surface area contributed by atoms with Crippen LogP contribution in [0, 0.1) is 11.8 Å². The van der Waals surface area contributed by atoms with Gasteiger partial charge in [0.15, 0.2) is 0 Å². The van der Waals surface area contributed by atoms with Crippen molar-refractivity contribution in [2.24, 2.45) is 11.8 Å². The SMILES string of the molecule is COc1ncccc1CN1CC[C@H]2C[C@H](C(=O)NCC3CC3)O[C@H]2C1.O=C(O)C(F)(F)F.O=C(O)C(F)(F)F. The number of aromatic nitrogens is 1. The van der Waals surface area contributed by atoms with Crippen molar-refractivity contribution in [3.63, 3.8) is 0 Å². The van der Waals surface area contributed by atoms with Crippen LogP contribution in [-0.4, -0.2) is 89.2 Å². The maximum atomic E-state index is 12.3. The van der Waals surface area contributed by atoms with Gasteiger partial charge >= 0.3 is 24.3 Å². The van der Waals surface area contributed by atoms with Crippen LogP contribution in [0.15, 0.2) is 18.3 Å². The highest BCUT2D eigenvalue weighted by Crippen LogP contribution is 2.34. The number of hydrogen-bond acceptors (Lipinski definition) is 7. The highest BCUT2D eigenvalue weighted by molar-refractivity contribution is 5.81. The summed E-state index contributed by atoms with van der Waals surface area (Å²) in [6.07, 6.45) is -4.06. The summed E-state index contributed by atoms with van der Waals surface area (Å²) in [4.78, 5) is 36.7. The van der Waals surface area contributed by atoms with Crippen molar-refractivity contribution in [1.82, 2.24) is 15.2 Å². The van der Waals surface area contributed by atoms with E-state index in [9.17, 15) is 31.1 Å². The lowest BCUT2D eigenvalue weighted by atomic mass is 9.91. The van der Waals surface area contributed by atoms with Gasteiger partial charge in [0.1, 0.15) is 6.10 Å². The van der Waals surface area contributed by atoms with Crippen LogP contribution >= 0.6 is 0 Å². The molecule has 3 heterocycles. The molecular formula is C23H29F6N3O7. The number of carboxylic acid groups (broad SMARTS) is 2. The Labute approximate surface area is 219 Å². The highest BCUT2D eigenvalue weighted by atomic mass is 19.4. The predicted octanol–water partition coefficient (Wildman–Crippen LogP) is 2.86. The standard InChI is InChI=1S/C19H27N3O3.2C2HF3O2/c1-24-19-15(3-2-7-20-19)11-22-8-6-14-9-16(25-17(14)12-22)18(23)21-10-13-4-5-13;2*3-2(4,5)1(6)7/h2-3,7,13-14,16-17H,4-6,8-12H2,1H3,(H,21,23);2*(H,6,7)/t14-,16+,17-;;/m0../s1. The molecule has 1 aromatic heterocycles. The number of fused-ring (bicyclic) bond motifs is 1. The van der Waals surface area contributed by atoms with Gasteiger partial charge < -0.3 is 25.0 Å². The molecule has 220 valence electrons. The Bertz CT molecular complexity index is 964. The second-order valence-corrected chi connectivity index (χ2v) is 9.15. The monoisotopic (exact) mass is 573 g/mol. The van der Waals surface area contributed by atoms with Gasteiger partial charge in [-0.3, -0.25) is 9.69 Å². The lowest BCUT2D eigenvalue weighted by molar-refractivity contribution is -0.193. The first-order chi connectivity index (χ1) is 18.1. The van der Waals surface area contributed by atoms with Crippen molar-refractivity contribution in [2.45, 2.75) is 56.8 Å². The van der Waals surface area contributed by atoms with E-state index in [1.165, 1.54) is 12.8 Å². The van der Waals surface area contributed by atoms with Crippen LogP contribution in [0.1, 0.15) is 31.2 Å². The summed E-state index contributed by atoms with van der Waals surface area (Å²) < 4.78 is 74.9. The number of carbonyl (C=O) groups is 3. The maximum absolute atomic E-state index is 12.3. The number of ether oxygens (including phenoxy) is 2. The Morgan fingerprint density at radius 1 is 1.10 bits per heavy atom. The van der Waals surface area contributed by atoms with E-state index in [1.54, 1.807) is 13.3 Å². The molecule has 0 aromatic carbocycles. The number of methoxy groups -OCH3 is 1. The van der Waals surface area contributed by atoms with Gasteiger partial charge in [0.2, 0.25) is 11.8 Å². The lowest BCUT2D eigenvalue weighted by Gasteiger charge is -2.34. The van der Waals surface area contributed by atoms with Gasteiger partial charge in [0, 0.05) is 31.4 Å². The number of alkyl halides is 6. The van der Waals surface area contributed by atoms with E-state index < -0.39 is 24.3 Å². The van der Waals surface area contributed by atoms with Gasteiger partial charge in [-0.2, -0.15) is 26.3 Å². The molecule has 0 spiro atoms. The molecule has 0 radical (unpaired) electrons. The number of likely N-dealkylation sites (tertiary alicyclic amines) is 1.